The third kappa shape index (κ3) is 6.25. The number of hydrogen-bond acceptors (Lipinski definition) is 6. The molecular weight excluding hydrogens is 539 g/mol. The molecule has 3 aromatic heterocycles. The summed E-state index contributed by atoms with van der Waals surface area (Å²) >= 11 is 0. The van der Waals surface area contributed by atoms with Gasteiger partial charge in [0.1, 0.15) is 12.9 Å². The van der Waals surface area contributed by atoms with Crippen LogP contribution in [0.3, 0.4) is 0 Å². The van der Waals surface area contributed by atoms with Crippen LogP contribution in [0, 0.1) is 13.8 Å². The first-order chi connectivity index (χ1) is 18.6. The predicted octanol–water partition coefficient (Wildman–Crippen LogP) is 5.31. The van der Waals surface area contributed by atoms with Gasteiger partial charge in [-0.3, -0.25) is 9.55 Å². The van der Waals surface area contributed by atoms with E-state index in [1.165, 1.54) is 11.0 Å². The first kappa shape index (κ1) is 29.4. The van der Waals surface area contributed by atoms with Gasteiger partial charge in [-0.1, -0.05) is 50.6 Å². The molecule has 0 fully saturated rings. The van der Waals surface area contributed by atoms with E-state index in [2.05, 4.69) is 20.2 Å². The Kier molecular flexibility index (Phi) is 7.91. The monoisotopic (exact) mass is 573 g/mol. The average Bonchev–Trinajstić information content (AvgIpc) is 3.43. The molecule has 9 nitrogen and oxygen atoms in total. The maximum Gasteiger partial charge on any atom is 0.415 e. The van der Waals surface area contributed by atoms with Crippen LogP contribution in [0.15, 0.2) is 53.7 Å². The Bertz CT molecular complexity index is 1530. The van der Waals surface area contributed by atoms with Gasteiger partial charge in [0, 0.05) is 11.8 Å². The fourth-order valence-corrected chi connectivity index (χ4v) is 5.14. The lowest BCUT2D eigenvalue weighted by molar-refractivity contribution is -0.202. The largest absolute Gasteiger partial charge is 0.415 e. The van der Waals surface area contributed by atoms with Gasteiger partial charge in [0.2, 0.25) is 0 Å². The number of aromatic nitrogens is 7. The van der Waals surface area contributed by atoms with Gasteiger partial charge < -0.3 is 4.43 Å². The first-order valence-electron chi connectivity index (χ1n) is 12.9. The van der Waals surface area contributed by atoms with Crippen LogP contribution >= 0.6 is 0 Å². The van der Waals surface area contributed by atoms with Crippen LogP contribution in [-0.4, -0.2) is 54.7 Å². The Labute approximate surface area is 231 Å². The van der Waals surface area contributed by atoms with Crippen molar-refractivity contribution in [2.75, 3.05) is 0 Å². The van der Waals surface area contributed by atoms with Crippen LogP contribution in [0.25, 0.3) is 17.1 Å². The lowest BCUT2D eigenvalue weighted by atomic mass is 10.1. The molecule has 40 heavy (non-hydrogen) atoms. The lowest BCUT2D eigenvalue weighted by Gasteiger charge is -2.39. The zero-order valence-electron chi connectivity index (χ0n) is 23.7. The lowest BCUT2D eigenvalue weighted by Crippen LogP contribution is -2.50. The van der Waals surface area contributed by atoms with E-state index in [1.807, 2.05) is 52.8 Å². The summed E-state index contributed by atoms with van der Waals surface area (Å²) in [7, 11) is -2.83. The minimum absolute atomic E-state index is 0.112. The molecule has 0 unspecified atom stereocenters. The molecule has 0 amide bonds. The number of hydrogen-bond donors (Lipinski definition) is 0. The highest BCUT2D eigenvalue weighted by molar-refractivity contribution is 6.74. The normalized spacial score (nSPS) is 13.6. The van der Waals surface area contributed by atoms with Crippen molar-refractivity contribution in [2.45, 2.75) is 78.1 Å². The maximum absolute atomic E-state index is 14.3. The number of aryl methyl sites for hydroxylation is 2. The summed E-state index contributed by atoms with van der Waals surface area (Å²) in [6, 6.07) is 10.7. The molecule has 0 saturated heterocycles. The molecule has 0 N–H and O–H groups in total. The fourth-order valence-electron chi connectivity index (χ4n) is 3.87. The van der Waals surface area contributed by atoms with Gasteiger partial charge in [-0.2, -0.15) is 13.2 Å². The van der Waals surface area contributed by atoms with Crippen molar-refractivity contribution in [1.29, 1.82) is 0 Å². The topological polar surface area (TPSA) is 92.7 Å². The second-order valence-corrected chi connectivity index (χ2v) is 16.1. The van der Waals surface area contributed by atoms with E-state index in [-0.39, 0.29) is 18.2 Å². The van der Waals surface area contributed by atoms with Crippen molar-refractivity contribution in [3.8, 4) is 17.1 Å². The van der Waals surface area contributed by atoms with E-state index in [0.717, 1.165) is 26.2 Å². The van der Waals surface area contributed by atoms with Gasteiger partial charge in [0.25, 0.3) is 0 Å². The van der Waals surface area contributed by atoms with Crippen LogP contribution < -0.4 is 5.69 Å². The first-order valence-corrected chi connectivity index (χ1v) is 15.8. The number of alkyl halides is 3. The number of benzene rings is 1. The molecule has 0 aliphatic rings. The molecule has 4 rings (SSSR count). The van der Waals surface area contributed by atoms with E-state index in [9.17, 15) is 18.0 Å². The zero-order valence-corrected chi connectivity index (χ0v) is 24.7. The van der Waals surface area contributed by atoms with Gasteiger partial charge >= 0.3 is 11.9 Å². The molecular formula is C27H34F3N7O2Si. The SMILES string of the molecule is Cc1ccc(-c2nn(Cc3ncn(-c4cccnc4C)n3)c(=O)n2C[C@H](O[Si](C)(C)C(C)(C)C)C(F)(F)F)cc1. The Morgan fingerprint density at radius 1 is 1.00 bits per heavy atom. The van der Waals surface area contributed by atoms with E-state index >= 15 is 0 Å². The van der Waals surface area contributed by atoms with E-state index in [0.29, 0.717) is 5.56 Å². The van der Waals surface area contributed by atoms with Crippen molar-refractivity contribution in [2.24, 2.45) is 0 Å². The van der Waals surface area contributed by atoms with Crippen molar-refractivity contribution < 1.29 is 17.6 Å². The minimum atomic E-state index is -4.69. The summed E-state index contributed by atoms with van der Waals surface area (Å²) in [6.45, 7) is 12.0. The molecule has 0 aliphatic heterocycles. The Hall–Kier alpha value is -3.58. The van der Waals surface area contributed by atoms with Crippen LogP contribution in [-0.2, 0) is 17.5 Å². The summed E-state index contributed by atoms with van der Waals surface area (Å²) in [5, 5.41) is 8.42. The number of rotatable bonds is 8. The second-order valence-electron chi connectivity index (χ2n) is 11.4. The Morgan fingerprint density at radius 3 is 2.27 bits per heavy atom. The van der Waals surface area contributed by atoms with Crippen molar-refractivity contribution in [3.05, 3.63) is 76.5 Å². The molecule has 1 atom stereocenters. The van der Waals surface area contributed by atoms with Crippen molar-refractivity contribution in [3.63, 3.8) is 0 Å². The third-order valence-electron chi connectivity index (χ3n) is 7.25. The maximum atomic E-state index is 14.3. The number of pyridine rings is 1. The third-order valence-corrected chi connectivity index (χ3v) is 11.7. The molecule has 0 spiro atoms. The Balaban J connectivity index is 1.74. The van der Waals surface area contributed by atoms with Gasteiger partial charge in [-0.25, -0.2) is 19.1 Å². The van der Waals surface area contributed by atoms with Gasteiger partial charge in [0.05, 0.1) is 17.9 Å². The quantitative estimate of drug-likeness (QED) is 0.266. The molecule has 0 saturated carbocycles. The summed E-state index contributed by atoms with van der Waals surface area (Å²) < 4.78 is 52.4. The highest BCUT2D eigenvalue weighted by atomic mass is 28.4. The predicted molar refractivity (Wildman–Crippen MR) is 148 cm³/mol. The van der Waals surface area contributed by atoms with Crippen LogP contribution in [0.2, 0.25) is 18.1 Å². The van der Waals surface area contributed by atoms with Gasteiger partial charge in [-0.15, -0.1) is 10.2 Å². The van der Waals surface area contributed by atoms with E-state index < -0.39 is 37.9 Å². The smallest absolute Gasteiger partial charge is 0.404 e. The van der Waals surface area contributed by atoms with E-state index in [4.69, 9.17) is 4.43 Å². The molecule has 0 radical (unpaired) electrons. The van der Waals surface area contributed by atoms with Crippen LogP contribution in [0.1, 0.15) is 37.9 Å². The Morgan fingerprint density at radius 2 is 1.68 bits per heavy atom. The summed E-state index contributed by atoms with van der Waals surface area (Å²) in [5.74, 6) is 0.385. The molecule has 4 aromatic rings. The summed E-state index contributed by atoms with van der Waals surface area (Å²) in [6.07, 6.45) is -3.71. The molecule has 3 heterocycles. The standard InChI is InChI=1S/C27H34F3N7O2Si/c1-18-10-12-20(13-11-18)24-34-36(16-23-32-17-37(33-23)21-9-8-14-31-19(21)2)25(38)35(24)15-22(27(28,29)30)39-40(6,7)26(3,4)5/h8-14,17,22H,15-16H2,1-7H3/t22-/m0/s1. The minimum Gasteiger partial charge on any atom is -0.404 e. The molecule has 13 heteroatoms. The average molecular weight is 574 g/mol. The zero-order chi connectivity index (χ0) is 29.5. The van der Waals surface area contributed by atoms with Gasteiger partial charge in [0.15, 0.2) is 26.1 Å². The summed E-state index contributed by atoms with van der Waals surface area (Å²) in [4.78, 5) is 22.1. The van der Waals surface area contributed by atoms with E-state index in [1.54, 1.807) is 37.5 Å². The van der Waals surface area contributed by atoms with Crippen molar-refractivity contribution in [1.82, 2.24) is 34.1 Å². The highest BCUT2D eigenvalue weighted by Crippen LogP contribution is 2.40. The molecule has 0 bridgehead atoms. The molecule has 0 aliphatic carbocycles. The second kappa shape index (κ2) is 10.8. The van der Waals surface area contributed by atoms with Gasteiger partial charge in [-0.05, 0) is 44.1 Å². The fraction of sp³-hybridized carbons (Fsp3) is 0.444. The number of halogens is 3. The number of nitrogens with zero attached hydrogens (tertiary/aromatic N) is 7. The van der Waals surface area contributed by atoms with Crippen molar-refractivity contribution >= 4 is 8.32 Å². The summed E-state index contributed by atoms with van der Waals surface area (Å²) in [5.41, 5.74) is 2.22. The molecule has 1 aromatic carbocycles. The van der Waals surface area contributed by atoms with Crippen LogP contribution in [0.4, 0.5) is 13.2 Å². The molecule has 214 valence electrons. The van der Waals surface area contributed by atoms with Crippen LogP contribution in [0.5, 0.6) is 0 Å². The highest BCUT2D eigenvalue weighted by Gasteiger charge is 2.48.